The minimum absolute atomic E-state index is 0.0341. The van der Waals surface area contributed by atoms with Crippen molar-refractivity contribution in [2.24, 2.45) is 0 Å². The number of hydrogen-bond acceptors (Lipinski definition) is 1. The monoisotopic (exact) mass is 303 g/mol. The van der Waals surface area contributed by atoms with Crippen molar-refractivity contribution >= 4 is 5.91 Å². The SMILES string of the molecule is C#CNC(=O)CCCCCCC/C=C\C/C=C\CCCCC. The second-order valence-corrected chi connectivity index (χ2v) is 5.67. The summed E-state index contributed by atoms with van der Waals surface area (Å²) in [6.45, 7) is 2.24. The minimum Gasteiger partial charge on any atom is -0.285 e. The lowest BCUT2D eigenvalue weighted by molar-refractivity contribution is -0.120. The van der Waals surface area contributed by atoms with Gasteiger partial charge in [-0.25, -0.2) is 0 Å². The van der Waals surface area contributed by atoms with E-state index in [1.165, 1.54) is 51.4 Å². The first-order valence-corrected chi connectivity index (χ1v) is 8.85. The van der Waals surface area contributed by atoms with E-state index in [4.69, 9.17) is 6.42 Å². The maximum Gasteiger partial charge on any atom is 0.231 e. The topological polar surface area (TPSA) is 29.1 Å². The fourth-order valence-corrected chi connectivity index (χ4v) is 2.24. The van der Waals surface area contributed by atoms with Crippen molar-refractivity contribution in [3.8, 4) is 12.5 Å². The van der Waals surface area contributed by atoms with Crippen LogP contribution in [0.4, 0.5) is 0 Å². The van der Waals surface area contributed by atoms with Crippen LogP contribution in [0.25, 0.3) is 0 Å². The predicted molar refractivity (Wildman–Crippen MR) is 96.3 cm³/mol. The van der Waals surface area contributed by atoms with Crippen molar-refractivity contribution in [1.29, 1.82) is 0 Å². The molecule has 1 N–H and O–H groups in total. The van der Waals surface area contributed by atoms with Gasteiger partial charge in [-0.3, -0.25) is 10.1 Å². The van der Waals surface area contributed by atoms with Crippen LogP contribution in [0.3, 0.4) is 0 Å². The quantitative estimate of drug-likeness (QED) is 0.195. The van der Waals surface area contributed by atoms with E-state index in [0.717, 1.165) is 19.3 Å². The summed E-state index contributed by atoms with van der Waals surface area (Å²) in [5.74, 6) is -0.0341. The van der Waals surface area contributed by atoms with Gasteiger partial charge in [-0.15, -0.1) is 0 Å². The van der Waals surface area contributed by atoms with Gasteiger partial charge in [-0.1, -0.05) is 69.8 Å². The van der Waals surface area contributed by atoms with Crippen LogP contribution in [0.15, 0.2) is 24.3 Å². The van der Waals surface area contributed by atoms with Gasteiger partial charge >= 0.3 is 0 Å². The first-order chi connectivity index (χ1) is 10.8. The fraction of sp³-hybridized carbons (Fsp3) is 0.650. The average molecular weight is 303 g/mol. The Morgan fingerprint density at radius 3 is 2.14 bits per heavy atom. The number of nitrogens with one attached hydrogen (secondary N) is 1. The van der Waals surface area contributed by atoms with E-state index in [2.05, 4.69) is 42.6 Å². The first kappa shape index (κ1) is 20.5. The molecule has 0 unspecified atom stereocenters. The molecule has 0 rings (SSSR count). The van der Waals surface area contributed by atoms with Gasteiger partial charge in [0.05, 0.1) is 0 Å². The summed E-state index contributed by atoms with van der Waals surface area (Å²) < 4.78 is 0. The molecule has 0 atom stereocenters. The van der Waals surface area contributed by atoms with E-state index in [1.54, 1.807) is 0 Å². The highest BCUT2D eigenvalue weighted by Gasteiger charge is 1.97. The third kappa shape index (κ3) is 16.6. The molecule has 2 nitrogen and oxygen atoms in total. The molecule has 2 heteroatoms. The molecule has 0 aliphatic heterocycles. The predicted octanol–water partition coefficient (Wildman–Crippen LogP) is 5.51. The molecule has 0 heterocycles. The summed E-state index contributed by atoms with van der Waals surface area (Å²) in [4.78, 5) is 11.1. The van der Waals surface area contributed by atoms with Crippen LogP contribution in [-0.4, -0.2) is 5.91 Å². The van der Waals surface area contributed by atoms with Gasteiger partial charge in [-0.05, 0) is 38.5 Å². The molecule has 124 valence electrons. The van der Waals surface area contributed by atoms with E-state index in [1.807, 2.05) is 0 Å². The molecule has 0 aromatic rings. The summed E-state index contributed by atoms with van der Waals surface area (Å²) in [7, 11) is 0. The molecular formula is C20H33NO. The zero-order valence-corrected chi connectivity index (χ0v) is 14.3. The van der Waals surface area contributed by atoms with Gasteiger partial charge in [0.15, 0.2) is 0 Å². The lowest BCUT2D eigenvalue weighted by Crippen LogP contribution is -2.16. The van der Waals surface area contributed by atoms with Crippen molar-refractivity contribution in [2.45, 2.75) is 84.0 Å². The Hall–Kier alpha value is -1.49. The normalized spacial score (nSPS) is 11.1. The van der Waals surface area contributed by atoms with Crippen LogP contribution in [0, 0.1) is 12.5 Å². The molecule has 0 bridgehead atoms. The van der Waals surface area contributed by atoms with Crippen LogP contribution >= 0.6 is 0 Å². The minimum atomic E-state index is -0.0341. The Morgan fingerprint density at radius 2 is 1.50 bits per heavy atom. The Bertz CT molecular complexity index is 349. The number of carbonyl (C=O) groups excluding carboxylic acids is 1. The second kappa shape index (κ2) is 17.6. The van der Waals surface area contributed by atoms with E-state index < -0.39 is 0 Å². The van der Waals surface area contributed by atoms with E-state index in [-0.39, 0.29) is 5.91 Å². The summed E-state index contributed by atoms with van der Waals surface area (Å²) in [6.07, 6.45) is 27.8. The highest BCUT2D eigenvalue weighted by atomic mass is 16.1. The zero-order valence-electron chi connectivity index (χ0n) is 14.3. The van der Waals surface area contributed by atoms with Crippen LogP contribution in [-0.2, 0) is 4.79 Å². The van der Waals surface area contributed by atoms with E-state index in [0.29, 0.717) is 6.42 Å². The molecule has 22 heavy (non-hydrogen) atoms. The lowest BCUT2D eigenvalue weighted by Gasteiger charge is -2.00. The first-order valence-electron chi connectivity index (χ1n) is 8.85. The van der Waals surface area contributed by atoms with Crippen molar-refractivity contribution in [2.75, 3.05) is 0 Å². The molecule has 0 radical (unpaired) electrons. The molecule has 0 saturated carbocycles. The smallest absolute Gasteiger partial charge is 0.231 e. The van der Waals surface area contributed by atoms with E-state index >= 15 is 0 Å². The zero-order chi connectivity index (χ0) is 16.3. The molecule has 0 spiro atoms. The standard InChI is InChI=1S/C20H33NO/c1-3-5-6-7-8-9-10-11-12-13-14-15-16-17-18-19-20(22)21-4-2/h2,8-9,11-12H,3,5-7,10,13-19H2,1H3,(H,21,22)/b9-8-,12-11-. The summed E-state index contributed by atoms with van der Waals surface area (Å²) >= 11 is 0. The number of terminal acetylenes is 1. The highest BCUT2D eigenvalue weighted by Crippen LogP contribution is 2.08. The molecule has 0 aliphatic carbocycles. The third-order valence-electron chi connectivity index (χ3n) is 3.57. The van der Waals surface area contributed by atoms with Gasteiger partial charge in [0.1, 0.15) is 0 Å². The molecular weight excluding hydrogens is 270 g/mol. The highest BCUT2D eigenvalue weighted by molar-refractivity contribution is 5.77. The largest absolute Gasteiger partial charge is 0.285 e. The van der Waals surface area contributed by atoms with Gasteiger partial charge in [0.2, 0.25) is 5.91 Å². The van der Waals surface area contributed by atoms with E-state index in [9.17, 15) is 4.79 Å². The summed E-state index contributed by atoms with van der Waals surface area (Å²) in [5.41, 5.74) is 0. The molecule has 0 aromatic carbocycles. The van der Waals surface area contributed by atoms with Crippen molar-refractivity contribution in [1.82, 2.24) is 5.32 Å². The van der Waals surface area contributed by atoms with Crippen molar-refractivity contribution < 1.29 is 4.79 Å². The Balaban J connectivity index is 3.24. The number of carbonyl (C=O) groups is 1. The van der Waals surface area contributed by atoms with Gasteiger partial charge in [-0.2, -0.15) is 0 Å². The fourth-order valence-electron chi connectivity index (χ4n) is 2.24. The Kier molecular flexibility index (Phi) is 16.4. The maximum absolute atomic E-state index is 11.1. The molecule has 1 amide bonds. The Morgan fingerprint density at radius 1 is 0.909 bits per heavy atom. The summed E-state index contributed by atoms with van der Waals surface area (Å²) in [5, 5.41) is 2.37. The van der Waals surface area contributed by atoms with Crippen LogP contribution in [0.2, 0.25) is 0 Å². The average Bonchev–Trinajstić information content (AvgIpc) is 2.51. The van der Waals surface area contributed by atoms with Crippen molar-refractivity contribution in [3.05, 3.63) is 24.3 Å². The van der Waals surface area contributed by atoms with Crippen LogP contribution in [0.1, 0.15) is 84.0 Å². The van der Waals surface area contributed by atoms with Gasteiger partial charge in [0, 0.05) is 12.5 Å². The number of allylic oxidation sites excluding steroid dienone is 4. The molecule has 0 saturated heterocycles. The van der Waals surface area contributed by atoms with Crippen LogP contribution in [0.5, 0.6) is 0 Å². The van der Waals surface area contributed by atoms with Gasteiger partial charge < -0.3 is 0 Å². The lowest BCUT2D eigenvalue weighted by atomic mass is 10.1. The van der Waals surface area contributed by atoms with Crippen LogP contribution < -0.4 is 5.32 Å². The third-order valence-corrected chi connectivity index (χ3v) is 3.57. The second-order valence-electron chi connectivity index (χ2n) is 5.67. The molecule has 0 aliphatic rings. The summed E-state index contributed by atoms with van der Waals surface area (Å²) in [6, 6.07) is 2.16. The number of hydrogen-bond donors (Lipinski definition) is 1. The van der Waals surface area contributed by atoms with Gasteiger partial charge in [0.25, 0.3) is 0 Å². The number of rotatable bonds is 14. The van der Waals surface area contributed by atoms with Crippen molar-refractivity contribution in [3.63, 3.8) is 0 Å². The maximum atomic E-state index is 11.1. The molecule has 0 aromatic heterocycles. The number of unbranched alkanes of at least 4 members (excludes halogenated alkanes) is 8. The number of amides is 1. The Labute approximate surface area is 137 Å². The molecule has 0 fully saturated rings.